The number of ether oxygens (including phenoxy) is 1. The summed E-state index contributed by atoms with van der Waals surface area (Å²) < 4.78 is 6.07. The minimum atomic E-state index is 0. The predicted octanol–water partition coefficient (Wildman–Crippen LogP) is 1.95. The second kappa shape index (κ2) is 7.65. The van der Waals surface area contributed by atoms with Crippen molar-refractivity contribution in [3.05, 3.63) is 23.9 Å². The molecular weight excluding hydrogens is 429 g/mol. The molecule has 1 aromatic rings. The number of aromatic nitrogens is 1. The molecule has 138 valence electrons. The average Bonchev–Trinajstić information content (AvgIpc) is 3.28. The topological polar surface area (TPSA) is 53.0 Å². The lowest BCUT2D eigenvalue weighted by Gasteiger charge is -2.24. The Morgan fingerprint density at radius 3 is 2.60 bits per heavy atom. The average molecular weight is 457 g/mol. The van der Waals surface area contributed by atoms with E-state index in [9.17, 15) is 0 Å². The van der Waals surface area contributed by atoms with Gasteiger partial charge < -0.3 is 19.9 Å². The third-order valence-electron chi connectivity index (χ3n) is 5.69. The summed E-state index contributed by atoms with van der Waals surface area (Å²) in [7, 11) is 5.92. The molecule has 0 amide bonds. The van der Waals surface area contributed by atoms with Crippen LogP contribution in [0.3, 0.4) is 0 Å². The van der Waals surface area contributed by atoms with Crippen LogP contribution in [0.2, 0.25) is 0 Å². The first-order chi connectivity index (χ1) is 11.7. The van der Waals surface area contributed by atoms with Crippen LogP contribution in [-0.2, 0) is 11.3 Å². The third kappa shape index (κ3) is 3.45. The molecule has 0 aromatic carbocycles. The highest BCUT2D eigenvalue weighted by Gasteiger charge is 2.53. The van der Waals surface area contributed by atoms with Crippen molar-refractivity contribution in [2.24, 2.45) is 16.8 Å². The maximum absolute atomic E-state index is 6.07. The first-order valence-electron chi connectivity index (χ1n) is 8.89. The molecule has 4 heterocycles. The molecule has 0 saturated carbocycles. The van der Waals surface area contributed by atoms with Gasteiger partial charge in [-0.2, -0.15) is 0 Å². The number of anilines is 1. The lowest BCUT2D eigenvalue weighted by Crippen LogP contribution is -2.41. The van der Waals surface area contributed by atoms with Gasteiger partial charge in [-0.25, -0.2) is 4.98 Å². The molecule has 3 fully saturated rings. The van der Waals surface area contributed by atoms with Crippen molar-refractivity contribution in [2.75, 3.05) is 39.1 Å². The predicted molar refractivity (Wildman–Crippen MR) is 111 cm³/mol. The Hall–Kier alpha value is -1.09. The van der Waals surface area contributed by atoms with E-state index in [1.54, 1.807) is 0 Å². The maximum Gasteiger partial charge on any atom is 0.193 e. The number of hydrogen-bond donors (Lipinski definition) is 1. The maximum atomic E-state index is 6.07. The zero-order chi connectivity index (χ0) is 16.7. The first kappa shape index (κ1) is 18.7. The lowest BCUT2D eigenvalue weighted by atomic mass is 9.82. The number of hydrogen-bond acceptors (Lipinski definition) is 4. The molecule has 25 heavy (non-hydrogen) atoms. The van der Waals surface area contributed by atoms with Crippen LogP contribution < -0.4 is 10.2 Å². The zero-order valence-electron chi connectivity index (χ0n) is 15.2. The Labute approximate surface area is 167 Å². The van der Waals surface area contributed by atoms with Gasteiger partial charge in [0.15, 0.2) is 5.96 Å². The van der Waals surface area contributed by atoms with Crippen molar-refractivity contribution >= 4 is 35.8 Å². The third-order valence-corrected chi connectivity index (χ3v) is 5.69. The van der Waals surface area contributed by atoms with E-state index < -0.39 is 0 Å². The number of nitrogens with one attached hydrogen (secondary N) is 1. The Bertz CT molecular complexity index is 620. The van der Waals surface area contributed by atoms with Crippen LogP contribution in [0.5, 0.6) is 0 Å². The standard InChI is InChI=1S/C18H27N5O.HI/c1-19-18(21-9-12-5-4-8-20-17(12)22(2)3)23-10-13-14(11-23)16-7-6-15(13)24-16;/h4-5,8,13-16H,6-7,9-11H2,1-3H3,(H,19,21);1H. The number of nitrogens with zero attached hydrogens (tertiary/aromatic N) is 4. The SMILES string of the molecule is CN=C(NCc1cccnc1N(C)C)N1CC2C3CCC(O3)C2C1.I. The van der Waals surface area contributed by atoms with Crippen molar-refractivity contribution in [3.8, 4) is 0 Å². The fraction of sp³-hybridized carbons (Fsp3) is 0.667. The van der Waals surface area contributed by atoms with Crippen LogP contribution in [0, 0.1) is 11.8 Å². The summed E-state index contributed by atoms with van der Waals surface area (Å²) in [5.41, 5.74) is 1.19. The van der Waals surface area contributed by atoms with E-state index in [1.807, 2.05) is 33.4 Å². The van der Waals surface area contributed by atoms with E-state index >= 15 is 0 Å². The van der Waals surface area contributed by atoms with Gasteiger partial charge >= 0.3 is 0 Å². The highest BCUT2D eigenvalue weighted by molar-refractivity contribution is 14.0. The van der Waals surface area contributed by atoms with E-state index in [-0.39, 0.29) is 24.0 Å². The Balaban J connectivity index is 0.00000182. The van der Waals surface area contributed by atoms with Crippen molar-refractivity contribution in [1.29, 1.82) is 0 Å². The van der Waals surface area contributed by atoms with Gasteiger partial charge in [-0.05, 0) is 18.9 Å². The van der Waals surface area contributed by atoms with Crippen LogP contribution >= 0.6 is 24.0 Å². The number of fused-ring (bicyclic) bond motifs is 5. The lowest BCUT2D eigenvalue weighted by molar-refractivity contribution is 0.0767. The molecule has 2 bridgehead atoms. The van der Waals surface area contributed by atoms with Crippen molar-refractivity contribution in [2.45, 2.75) is 31.6 Å². The largest absolute Gasteiger partial charge is 0.374 e. The van der Waals surface area contributed by atoms with Crippen LogP contribution in [0.1, 0.15) is 18.4 Å². The van der Waals surface area contributed by atoms with Crippen molar-refractivity contribution in [3.63, 3.8) is 0 Å². The monoisotopic (exact) mass is 457 g/mol. The molecule has 6 nitrogen and oxygen atoms in total. The fourth-order valence-electron chi connectivity index (χ4n) is 4.61. The summed E-state index contributed by atoms with van der Waals surface area (Å²) in [6, 6.07) is 4.11. The summed E-state index contributed by atoms with van der Waals surface area (Å²) >= 11 is 0. The van der Waals surface area contributed by atoms with Gasteiger partial charge in [-0.3, -0.25) is 4.99 Å². The highest BCUT2D eigenvalue weighted by atomic mass is 127. The van der Waals surface area contributed by atoms with Crippen LogP contribution in [0.15, 0.2) is 23.3 Å². The number of rotatable bonds is 3. The molecule has 0 aliphatic carbocycles. The second-order valence-electron chi connectivity index (χ2n) is 7.30. The van der Waals surface area contributed by atoms with Gasteiger partial charge in [-0.1, -0.05) is 6.07 Å². The Morgan fingerprint density at radius 2 is 2.00 bits per heavy atom. The molecule has 0 radical (unpaired) electrons. The minimum Gasteiger partial charge on any atom is -0.374 e. The molecule has 7 heteroatoms. The fourth-order valence-corrected chi connectivity index (χ4v) is 4.61. The normalized spacial score (nSPS) is 30.2. The summed E-state index contributed by atoms with van der Waals surface area (Å²) in [6.07, 6.45) is 5.30. The molecule has 4 atom stereocenters. The van der Waals surface area contributed by atoms with E-state index in [1.165, 1.54) is 18.4 Å². The molecule has 3 aliphatic heterocycles. The van der Waals surface area contributed by atoms with Gasteiger partial charge in [-0.15, -0.1) is 24.0 Å². The first-order valence-corrected chi connectivity index (χ1v) is 8.89. The van der Waals surface area contributed by atoms with Gasteiger partial charge in [0.2, 0.25) is 0 Å². The van der Waals surface area contributed by atoms with Gasteiger partial charge in [0.1, 0.15) is 5.82 Å². The number of guanidine groups is 1. The second-order valence-corrected chi connectivity index (χ2v) is 7.30. The van der Waals surface area contributed by atoms with Gasteiger partial charge in [0.25, 0.3) is 0 Å². The zero-order valence-corrected chi connectivity index (χ0v) is 17.5. The summed E-state index contributed by atoms with van der Waals surface area (Å²) in [6.45, 7) is 2.88. The minimum absolute atomic E-state index is 0. The summed E-state index contributed by atoms with van der Waals surface area (Å²) in [5.74, 6) is 3.39. The number of likely N-dealkylation sites (tertiary alicyclic amines) is 1. The highest BCUT2D eigenvalue weighted by Crippen LogP contribution is 2.47. The van der Waals surface area contributed by atoms with E-state index in [2.05, 4.69) is 31.2 Å². The molecule has 3 aliphatic rings. The van der Waals surface area contributed by atoms with E-state index in [0.29, 0.717) is 24.0 Å². The molecular formula is C18H28IN5O. The smallest absolute Gasteiger partial charge is 0.193 e. The van der Waals surface area contributed by atoms with E-state index in [0.717, 1.165) is 31.4 Å². The van der Waals surface area contributed by atoms with Crippen molar-refractivity contribution < 1.29 is 4.74 Å². The van der Waals surface area contributed by atoms with Crippen LogP contribution in [-0.4, -0.2) is 62.3 Å². The van der Waals surface area contributed by atoms with Crippen LogP contribution in [0.25, 0.3) is 0 Å². The van der Waals surface area contributed by atoms with Gasteiger partial charge in [0.05, 0.1) is 12.2 Å². The van der Waals surface area contributed by atoms with Crippen LogP contribution in [0.4, 0.5) is 5.82 Å². The number of pyridine rings is 1. The molecule has 1 aromatic heterocycles. The quantitative estimate of drug-likeness (QED) is 0.428. The number of halogens is 1. The Morgan fingerprint density at radius 1 is 1.32 bits per heavy atom. The molecule has 3 saturated heterocycles. The van der Waals surface area contributed by atoms with Crippen molar-refractivity contribution in [1.82, 2.24) is 15.2 Å². The molecule has 4 unspecified atom stereocenters. The number of aliphatic imine (C=N–C) groups is 1. The summed E-state index contributed by atoms with van der Waals surface area (Å²) in [5, 5.41) is 3.53. The molecule has 4 rings (SSSR count). The summed E-state index contributed by atoms with van der Waals surface area (Å²) in [4.78, 5) is 13.4. The van der Waals surface area contributed by atoms with Gasteiger partial charge in [0, 0.05) is 64.4 Å². The Kier molecular flexibility index (Phi) is 5.72. The van der Waals surface area contributed by atoms with E-state index in [4.69, 9.17) is 4.74 Å². The molecule has 0 spiro atoms. The molecule has 1 N–H and O–H groups in total.